The molecule has 0 amide bonds. The molecule has 1 aliphatic heterocycles. The van der Waals surface area contributed by atoms with E-state index in [9.17, 15) is 0 Å². The summed E-state index contributed by atoms with van der Waals surface area (Å²) in [7, 11) is 0. The summed E-state index contributed by atoms with van der Waals surface area (Å²) in [5, 5.41) is 0. The third-order valence-corrected chi connectivity index (χ3v) is 11.6. The van der Waals surface area contributed by atoms with Gasteiger partial charge in [-0.1, -0.05) is 0 Å². The molecule has 0 radical (unpaired) electrons. The fraction of sp³-hybridized carbons (Fsp3) is 1.00. The zero-order chi connectivity index (χ0) is 49.5. The number of hydrogen-bond donors (Lipinski definition) is 0. The van der Waals surface area contributed by atoms with Gasteiger partial charge in [-0.05, 0) is 180 Å². The predicted octanol–water partition coefficient (Wildman–Crippen LogP) is 11.2. The quantitative estimate of drug-likeness (QED) is 0.228. The first-order valence-electron chi connectivity index (χ1n) is 29.1. The highest BCUT2D eigenvalue weighted by Gasteiger charge is 2.01. The molecule has 420 valence electrons. The van der Waals surface area contributed by atoms with Crippen molar-refractivity contribution in [2.24, 2.45) is 0 Å². The summed E-state index contributed by atoms with van der Waals surface area (Å²) in [5.74, 6) is 0. The molecule has 0 unspecified atom stereocenters. The van der Waals surface area contributed by atoms with E-state index in [0.29, 0.717) is 0 Å². The van der Waals surface area contributed by atoms with Crippen molar-refractivity contribution in [1.82, 2.24) is 0 Å². The van der Waals surface area contributed by atoms with Crippen LogP contribution in [0.25, 0.3) is 0 Å². The molecule has 1 fully saturated rings. The van der Waals surface area contributed by atoms with Crippen molar-refractivity contribution < 1.29 is 66.3 Å². The molecule has 1 aliphatic rings. The van der Waals surface area contributed by atoms with Gasteiger partial charge in [0, 0.05) is 185 Å². The predicted molar refractivity (Wildman–Crippen MR) is 281 cm³/mol. The maximum Gasteiger partial charge on any atom is 0.0466 e. The normalized spacial score (nSPS) is 24.0. The van der Waals surface area contributed by atoms with Gasteiger partial charge in [0.05, 0.1) is 0 Å². The van der Waals surface area contributed by atoms with Gasteiger partial charge in [-0.3, -0.25) is 0 Å². The summed E-state index contributed by atoms with van der Waals surface area (Å²) >= 11 is 0. The fourth-order valence-electron chi connectivity index (χ4n) is 7.14. The summed E-state index contributed by atoms with van der Waals surface area (Å²) in [5.41, 5.74) is 0. The molecule has 1 heterocycles. The Kier molecular flexibility index (Phi) is 62.2. The van der Waals surface area contributed by atoms with Gasteiger partial charge < -0.3 is 66.3 Å². The summed E-state index contributed by atoms with van der Waals surface area (Å²) in [6, 6.07) is 0. The van der Waals surface area contributed by atoms with Crippen molar-refractivity contribution in [3.05, 3.63) is 0 Å². The molecule has 0 aromatic carbocycles. The van der Waals surface area contributed by atoms with E-state index < -0.39 is 0 Å². The number of hydrogen-bond acceptors (Lipinski definition) is 14. The molecule has 0 aromatic heterocycles. The smallest absolute Gasteiger partial charge is 0.0466 e. The van der Waals surface area contributed by atoms with Crippen LogP contribution >= 0.6 is 0 Å². The highest BCUT2D eigenvalue weighted by Crippen LogP contribution is 2.04. The van der Waals surface area contributed by atoms with Crippen LogP contribution in [0, 0.1) is 0 Å². The first-order chi connectivity index (χ1) is 35.0. The second-order valence-electron chi connectivity index (χ2n) is 18.5. The minimum atomic E-state index is 0.809. The maximum atomic E-state index is 5.79. The molecule has 14 nitrogen and oxygen atoms in total. The zero-order valence-electron chi connectivity index (χ0n) is 45.3. The van der Waals surface area contributed by atoms with Crippen LogP contribution in [0.15, 0.2) is 0 Å². The van der Waals surface area contributed by atoms with Gasteiger partial charge in [0.25, 0.3) is 0 Å². The first kappa shape index (κ1) is 67.5. The van der Waals surface area contributed by atoms with Crippen LogP contribution < -0.4 is 0 Å². The van der Waals surface area contributed by atoms with E-state index in [1.165, 1.54) is 0 Å². The summed E-state index contributed by atoms with van der Waals surface area (Å²) in [6.07, 6.45) is 29.3. The van der Waals surface area contributed by atoms with E-state index in [4.69, 9.17) is 66.3 Å². The number of ether oxygens (including phenoxy) is 14. The molecule has 1 rings (SSSR count). The highest BCUT2D eigenvalue weighted by molar-refractivity contribution is 4.49. The highest BCUT2D eigenvalue weighted by atomic mass is 16.5. The Balaban J connectivity index is 2.00. The molecule has 0 spiro atoms. The van der Waals surface area contributed by atoms with Crippen LogP contribution in [0.5, 0.6) is 0 Å². The monoisotopic (exact) mass is 1010 g/mol. The second kappa shape index (κ2) is 64.6. The number of rotatable bonds is 0. The Morgan fingerprint density at radius 2 is 0.114 bits per heavy atom. The van der Waals surface area contributed by atoms with Crippen LogP contribution in [-0.4, -0.2) is 185 Å². The largest absolute Gasteiger partial charge is 0.381 e. The second-order valence-corrected chi connectivity index (χ2v) is 18.5. The van der Waals surface area contributed by atoms with Crippen LogP contribution in [0.3, 0.4) is 0 Å². The van der Waals surface area contributed by atoms with Crippen molar-refractivity contribution in [2.75, 3.05) is 185 Å². The molecule has 70 heavy (non-hydrogen) atoms. The standard InChI is InChI=1S/C56H112O14/c1-2-30-58-32-5-6-34-60-36-9-10-38-62-40-13-14-42-64-44-17-18-46-66-48-21-22-50-68-52-25-26-54-70-56-28-27-55-69-53-24-23-51-67-49-20-19-47-65-45-16-15-43-63-41-12-11-39-61-37-8-7-35-59-33-4-3-31-57-29-1/h1-56H2. The van der Waals surface area contributed by atoms with Gasteiger partial charge in [0.15, 0.2) is 0 Å². The van der Waals surface area contributed by atoms with E-state index in [-0.39, 0.29) is 0 Å². The zero-order valence-corrected chi connectivity index (χ0v) is 45.3. The maximum absolute atomic E-state index is 5.79. The molecule has 0 aromatic rings. The fourth-order valence-corrected chi connectivity index (χ4v) is 7.14. The Hall–Kier alpha value is -0.560. The van der Waals surface area contributed by atoms with Crippen molar-refractivity contribution in [3.63, 3.8) is 0 Å². The molecule has 0 bridgehead atoms. The molecule has 0 aliphatic carbocycles. The molecule has 1 saturated heterocycles. The lowest BCUT2D eigenvalue weighted by Gasteiger charge is -2.08. The van der Waals surface area contributed by atoms with Gasteiger partial charge >= 0.3 is 0 Å². The van der Waals surface area contributed by atoms with Gasteiger partial charge in [-0.25, -0.2) is 0 Å². The third-order valence-electron chi connectivity index (χ3n) is 11.6. The Morgan fingerprint density at radius 3 is 0.157 bits per heavy atom. The molecule has 0 atom stereocenters. The minimum absolute atomic E-state index is 0.809. The van der Waals surface area contributed by atoms with Crippen LogP contribution in [0.1, 0.15) is 180 Å². The topological polar surface area (TPSA) is 129 Å². The van der Waals surface area contributed by atoms with Crippen molar-refractivity contribution in [2.45, 2.75) is 180 Å². The average molecular weight is 1010 g/mol. The van der Waals surface area contributed by atoms with Gasteiger partial charge in [-0.2, -0.15) is 0 Å². The Morgan fingerprint density at radius 1 is 0.0714 bits per heavy atom. The molecule has 0 saturated carbocycles. The molecular weight excluding hydrogens is 897 g/mol. The van der Waals surface area contributed by atoms with Crippen LogP contribution in [0.4, 0.5) is 0 Å². The SMILES string of the molecule is C1CCOCCCCOCCCCOCCCCOCCCCOCCCCOCCCCOCCCCOCCCCOCCCCOCCCCOCCCCOCCCCOCCCCOC1. The molecule has 14 heteroatoms. The van der Waals surface area contributed by atoms with E-state index in [2.05, 4.69) is 0 Å². The summed E-state index contributed by atoms with van der Waals surface area (Å²) in [6.45, 7) is 22.6. The van der Waals surface area contributed by atoms with E-state index >= 15 is 0 Å². The molecule has 0 N–H and O–H groups in total. The minimum Gasteiger partial charge on any atom is -0.381 e. The third kappa shape index (κ3) is 61.7. The van der Waals surface area contributed by atoms with E-state index in [0.717, 1.165) is 365 Å². The van der Waals surface area contributed by atoms with Gasteiger partial charge in [-0.15, -0.1) is 0 Å². The molecular formula is C56H112O14. The lowest BCUT2D eigenvalue weighted by molar-refractivity contribution is 0.0750. The van der Waals surface area contributed by atoms with E-state index in [1.807, 2.05) is 0 Å². The van der Waals surface area contributed by atoms with E-state index in [1.54, 1.807) is 0 Å². The summed E-state index contributed by atoms with van der Waals surface area (Å²) in [4.78, 5) is 0. The lowest BCUT2D eigenvalue weighted by Crippen LogP contribution is -2.05. The van der Waals surface area contributed by atoms with Crippen LogP contribution in [0.2, 0.25) is 0 Å². The van der Waals surface area contributed by atoms with Gasteiger partial charge in [0.2, 0.25) is 0 Å². The average Bonchev–Trinajstić information content (AvgIpc) is 3.37. The van der Waals surface area contributed by atoms with Gasteiger partial charge in [0.1, 0.15) is 0 Å². The lowest BCUT2D eigenvalue weighted by atomic mass is 10.3. The van der Waals surface area contributed by atoms with Crippen molar-refractivity contribution in [1.29, 1.82) is 0 Å². The first-order valence-corrected chi connectivity index (χ1v) is 29.1. The van der Waals surface area contributed by atoms with Crippen LogP contribution in [-0.2, 0) is 66.3 Å². The van der Waals surface area contributed by atoms with Crippen molar-refractivity contribution >= 4 is 0 Å². The Bertz CT molecular complexity index is 480. The Labute approximate surface area is 429 Å². The summed E-state index contributed by atoms with van der Waals surface area (Å²) < 4.78 is 81.0. The van der Waals surface area contributed by atoms with Crippen molar-refractivity contribution in [3.8, 4) is 0 Å².